The molecule has 5 aromatic rings. The molecule has 0 saturated carbocycles. The van der Waals surface area contributed by atoms with E-state index in [1.54, 1.807) is 17.2 Å². The van der Waals surface area contributed by atoms with Gasteiger partial charge in [0.25, 0.3) is 0 Å². The van der Waals surface area contributed by atoms with Crippen molar-refractivity contribution in [2.24, 2.45) is 0 Å². The number of anilines is 1. The number of aromatic nitrogens is 4. The zero-order valence-corrected chi connectivity index (χ0v) is 27.0. The number of carbonyl (C=O) groups is 1. The number of fused-ring (bicyclic) bond motifs is 2. The standard InChI is InChI=1S/C36H37FN8O3/c1-23-10-13-30-29(19-39-42-30)31(23)27-11-12-28-33(32(27)37)40-35(47-22-26-9-6-16-43(26)2)41-34(28)44-17-18-45(25(20-44)14-15-38)36(46)48-21-24-7-4-3-5-8-24/h3-5,7-8,10-13,19,25-26H,6,9,14,16-18,20-22H2,1-2H3,(H,39,42)/t25-,26-/m0/s1. The van der Waals surface area contributed by atoms with E-state index in [-0.39, 0.29) is 30.6 Å². The maximum Gasteiger partial charge on any atom is 0.410 e. The number of nitrogens with one attached hydrogen (secondary N) is 1. The number of halogens is 1. The van der Waals surface area contributed by atoms with Crippen LogP contribution in [0.3, 0.4) is 0 Å². The van der Waals surface area contributed by atoms with Gasteiger partial charge in [0.1, 0.15) is 24.5 Å². The van der Waals surface area contributed by atoms with Gasteiger partial charge in [-0.3, -0.25) is 5.10 Å². The molecular weight excluding hydrogens is 611 g/mol. The number of nitriles is 1. The predicted octanol–water partition coefficient (Wildman–Crippen LogP) is 5.83. The lowest BCUT2D eigenvalue weighted by Crippen LogP contribution is -2.55. The van der Waals surface area contributed by atoms with E-state index in [2.05, 4.69) is 33.2 Å². The Morgan fingerprint density at radius 3 is 2.71 bits per heavy atom. The van der Waals surface area contributed by atoms with Crippen LogP contribution in [0.2, 0.25) is 0 Å². The predicted molar refractivity (Wildman–Crippen MR) is 180 cm³/mol. The van der Waals surface area contributed by atoms with Crippen molar-refractivity contribution >= 4 is 33.7 Å². The minimum atomic E-state index is -0.479. The van der Waals surface area contributed by atoms with Crippen LogP contribution in [-0.2, 0) is 11.3 Å². The third-order valence-corrected chi connectivity index (χ3v) is 9.49. The maximum atomic E-state index is 16.8. The smallest absolute Gasteiger partial charge is 0.410 e. The molecule has 2 aliphatic rings. The molecule has 0 bridgehead atoms. The molecule has 2 aromatic heterocycles. The number of carbonyl (C=O) groups excluding carboxylic acids is 1. The van der Waals surface area contributed by atoms with E-state index in [1.165, 1.54) is 0 Å². The maximum absolute atomic E-state index is 16.8. The van der Waals surface area contributed by atoms with Crippen molar-refractivity contribution in [3.63, 3.8) is 0 Å². The zero-order valence-electron chi connectivity index (χ0n) is 27.0. The van der Waals surface area contributed by atoms with Gasteiger partial charge < -0.3 is 24.2 Å². The first-order chi connectivity index (χ1) is 23.4. The number of benzene rings is 3. The van der Waals surface area contributed by atoms with Crippen LogP contribution < -0.4 is 9.64 Å². The fourth-order valence-electron chi connectivity index (χ4n) is 6.84. The number of rotatable bonds is 8. The van der Waals surface area contributed by atoms with Gasteiger partial charge in [0, 0.05) is 42.0 Å². The first-order valence-electron chi connectivity index (χ1n) is 16.3. The Morgan fingerprint density at radius 1 is 1.06 bits per heavy atom. The van der Waals surface area contributed by atoms with Crippen molar-refractivity contribution in [3.05, 3.63) is 77.7 Å². The number of amides is 1. The number of H-pyrrole nitrogens is 1. The first kappa shape index (κ1) is 31.3. The van der Waals surface area contributed by atoms with Gasteiger partial charge in [0.05, 0.1) is 30.2 Å². The van der Waals surface area contributed by atoms with Crippen LogP contribution in [0, 0.1) is 24.1 Å². The van der Waals surface area contributed by atoms with Gasteiger partial charge in [-0.25, -0.2) is 9.18 Å². The molecule has 1 N–H and O–H groups in total. The fraction of sp³-hybridized carbons (Fsp3) is 0.361. The Morgan fingerprint density at radius 2 is 1.92 bits per heavy atom. The molecule has 7 rings (SSSR count). The molecule has 0 aliphatic carbocycles. The number of likely N-dealkylation sites (tertiary alicyclic amines) is 1. The second kappa shape index (κ2) is 13.4. The number of hydrogen-bond donors (Lipinski definition) is 1. The normalized spacial score (nSPS) is 18.4. The van der Waals surface area contributed by atoms with E-state index < -0.39 is 18.0 Å². The highest BCUT2D eigenvalue weighted by molar-refractivity contribution is 6.00. The molecule has 246 valence electrons. The van der Waals surface area contributed by atoms with E-state index in [4.69, 9.17) is 14.5 Å². The van der Waals surface area contributed by atoms with Crippen LogP contribution in [0.15, 0.2) is 60.8 Å². The molecule has 48 heavy (non-hydrogen) atoms. The fourth-order valence-corrected chi connectivity index (χ4v) is 6.84. The molecule has 0 radical (unpaired) electrons. The van der Waals surface area contributed by atoms with E-state index in [0.717, 1.165) is 47.0 Å². The van der Waals surface area contributed by atoms with Gasteiger partial charge in [-0.2, -0.15) is 20.3 Å². The summed E-state index contributed by atoms with van der Waals surface area (Å²) in [5.41, 5.74) is 3.90. The van der Waals surface area contributed by atoms with E-state index in [9.17, 15) is 10.1 Å². The van der Waals surface area contributed by atoms with Gasteiger partial charge in [0.15, 0.2) is 5.82 Å². The number of ether oxygens (including phenoxy) is 2. The Kier molecular flexibility index (Phi) is 8.78. The van der Waals surface area contributed by atoms with Crippen molar-refractivity contribution in [1.82, 2.24) is 30.0 Å². The largest absolute Gasteiger partial charge is 0.462 e. The molecular formula is C36H37FN8O3. The minimum absolute atomic E-state index is 0.0913. The third-order valence-electron chi connectivity index (χ3n) is 9.49. The first-order valence-corrected chi connectivity index (χ1v) is 16.3. The van der Waals surface area contributed by atoms with Crippen LogP contribution in [0.25, 0.3) is 32.9 Å². The summed E-state index contributed by atoms with van der Waals surface area (Å²) < 4.78 is 28.6. The van der Waals surface area contributed by atoms with Crippen LogP contribution in [0.4, 0.5) is 15.0 Å². The van der Waals surface area contributed by atoms with Crippen molar-refractivity contribution in [2.75, 3.05) is 44.7 Å². The van der Waals surface area contributed by atoms with Crippen LogP contribution in [0.5, 0.6) is 6.01 Å². The van der Waals surface area contributed by atoms with Gasteiger partial charge >= 0.3 is 12.1 Å². The summed E-state index contributed by atoms with van der Waals surface area (Å²) in [6.45, 7) is 4.47. The van der Waals surface area contributed by atoms with E-state index in [0.29, 0.717) is 43.0 Å². The summed E-state index contributed by atoms with van der Waals surface area (Å²) >= 11 is 0. The average molecular weight is 649 g/mol. The van der Waals surface area contributed by atoms with Crippen molar-refractivity contribution in [2.45, 2.75) is 44.9 Å². The molecule has 12 heteroatoms. The molecule has 2 aliphatic heterocycles. The van der Waals surface area contributed by atoms with Gasteiger partial charge in [0.2, 0.25) is 0 Å². The number of hydrogen-bond acceptors (Lipinski definition) is 9. The number of aromatic amines is 1. The Labute approximate surface area is 277 Å². The monoisotopic (exact) mass is 648 g/mol. The van der Waals surface area contributed by atoms with Gasteiger partial charge in [-0.1, -0.05) is 42.5 Å². The van der Waals surface area contributed by atoms with Crippen LogP contribution in [-0.4, -0.2) is 88.0 Å². The molecule has 11 nitrogen and oxygen atoms in total. The van der Waals surface area contributed by atoms with Crippen molar-refractivity contribution in [3.8, 4) is 23.2 Å². The van der Waals surface area contributed by atoms with Crippen LogP contribution in [0.1, 0.15) is 30.4 Å². The summed E-state index contributed by atoms with van der Waals surface area (Å²) in [7, 11) is 2.07. The number of piperazine rings is 1. The average Bonchev–Trinajstić information content (AvgIpc) is 3.76. The number of aryl methyl sites for hydroxylation is 1. The highest BCUT2D eigenvalue weighted by atomic mass is 19.1. The Balaban J connectivity index is 1.23. The highest BCUT2D eigenvalue weighted by Gasteiger charge is 2.34. The lowest BCUT2D eigenvalue weighted by Gasteiger charge is -2.40. The Bertz CT molecular complexity index is 1990. The lowest BCUT2D eigenvalue weighted by atomic mass is 9.95. The Hall–Kier alpha value is -5.28. The quantitative estimate of drug-likeness (QED) is 0.221. The molecule has 1 amide bonds. The molecule has 2 saturated heterocycles. The number of likely N-dealkylation sites (N-methyl/N-ethyl adjacent to an activating group) is 1. The second-order valence-electron chi connectivity index (χ2n) is 12.5. The minimum Gasteiger partial charge on any atom is -0.462 e. The summed E-state index contributed by atoms with van der Waals surface area (Å²) in [5, 5.41) is 18.2. The van der Waals surface area contributed by atoms with Gasteiger partial charge in [-0.15, -0.1) is 0 Å². The topological polar surface area (TPSA) is 124 Å². The van der Waals surface area contributed by atoms with Gasteiger partial charge in [-0.05, 0) is 62.2 Å². The zero-order chi connectivity index (χ0) is 33.2. The third kappa shape index (κ3) is 6.09. The molecule has 3 aromatic carbocycles. The summed E-state index contributed by atoms with van der Waals surface area (Å²) in [6.07, 6.45) is 3.42. The van der Waals surface area contributed by atoms with Crippen molar-refractivity contribution in [1.29, 1.82) is 5.26 Å². The highest BCUT2D eigenvalue weighted by Crippen LogP contribution is 2.38. The van der Waals surface area contributed by atoms with E-state index in [1.807, 2.05) is 60.4 Å². The van der Waals surface area contributed by atoms with Crippen molar-refractivity contribution < 1.29 is 18.7 Å². The summed E-state index contributed by atoms with van der Waals surface area (Å²) in [5.74, 6) is 0.0196. The molecule has 2 atom stereocenters. The molecule has 0 unspecified atom stereocenters. The van der Waals surface area contributed by atoms with Crippen LogP contribution >= 0.6 is 0 Å². The molecule has 4 heterocycles. The molecule has 2 fully saturated rings. The number of nitrogens with zero attached hydrogens (tertiary/aromatic N) is 7. The summed E-state index contributed by atoms with van der Waals surface area (Å²) in [4.78, 5) is 28.5. The van der Waals surface area contributed by atoms with E-state index >= 15 is 4.39 Å². The lowest BCUT2D eigenvalue weighted by molar-refractivity contribution is 0.0768. The SMILES string of the molecule is Cc1ccc2[nH]ncc2c1-c1ccc2c(N3CCN(C(=O)OCc4ccccc4)[C@@H](CC#N)C3)nc(OC[C@@H]3CCCN3C)nc2c1F. The second-order valence-corrected chi connectivity index (χ2v) is 12.5. The summed E-state index contributed by atoms with van der Waals surface area (Å²) in [6, 6.07) is 19.0. The molecule has 0 spiro atoms.